The molecule has 2 aromatic carbocycles. The van der Waals surface area contributed by atoms with Crippen LogP contribution in [-0.4, -0.2) is 76.4 Å². The van der Waals surface area contributed by atoms with Gasteiger partial charge in [-0.05, 0) is 37.1 Å². The van der Waals surface area contributed by atoms with E-state index in [1.165, 1.54) is 6.07 Å². The molecule has 4 saturated heterocycles. The molecular weight excluding hydrogens is 612 g/mol. The SMILES string of the molecule is C#Cc1c(F)ccc2cccc(-c3ncc4c(N5C[C@H]6CC[C@@H](C5)N6)nc(OC[C@]56CCC(=C)N5C[C@@H](OC(F)F)C6)nc4c3F)c12. The molecule has 4 aliphatic rings. The van der Waals surface area contributed by atoms with Gasteiger partial charge in [0, 0.05) is 61.0 Å². The third-order valence-electron chi connectivity index (χ3n) is 10.1. The first-order chi connectivity index (χ1) is 22.7. The van der Waals surface area contributed by atoms with Crippen LogP contribution in [0.4, 0.5) is 23.4 Å². The van der Waals surface area contributed by atoms with Gasteiger partial charge in [-0.3, -0.25) is 4.98 Å². The first-order valence-corrected chi connectivity index (χ1v) is 15.8. The van der Waals surface area contributed by atoms with Gasteiger partial charge in [0.1, 0.15) is 29.5 Å². The lowest BCUT2D eigenvalue weighted by Crippen LogP contribution is -2.51. The van der Waals surface area contributed by atoms with E-state index in [0.29, 0.717) is 59.9 Å². The van der Waals surface area contributed by atoms with Crippen LogP contribution in [0.15, 0.2) is 48.8 Å². The van der Waals surface area contributed by atoms with Gasteiger partial charge in [0.15, 0.2) is 5.82 Å². The van der Waals surface area contributed by atoms with Gasteiger partial charge >= 0.3 is 12.6 Å². The van der Waals surface area contributed by atoms with Crippen molar-refractivity contribution in [2.75, 3.05) is 31.1 Å². The molecule has 4 fully saturated rings. The number of aromatic nitrogens is 3. The predicted molar refractivity (Wildman–Crippen MR) is 169 cm³/mol. The van der Waals surface area contributed by atoms with Crippen LogP contribution in [0.1, 0.15) is 37.7 Å². The van der Waals surface area contributed by atoms with Crippen LogP contribution >= 0.6 is 0 Å². The molecular formula is C35H32F4N6O2. The highest BCUT2D eigenvalue weighted by Gasteiger charge is 2.51. The molecule has 4 aliphatic heterocycles. The van der Waals surface area contributed by atoms with Crippen LogP contribution in [-0.2, 0) is 4.74 Å². The van der Waals surface area contributed by atoms with Gasteiger partial charge in [-0.15, -0.1) is 6.42 Å². The number of allylic oxidation sites excluding steroid dienone is 1. The van der Waals surface area contributed by atoms with E-state index in [1.54, 1.807) is 30.5 Å². The molecule has 0 spiro atoms. The third kappa shape index (κ3) is 5.03. The molecule has 4 aromatic rings. The van der Waals surface area contributed by atoms with Crippen LogP contribution in [0, 0.1) is 24.0 Å². The Labute approximate surface area is 268 Å². The van der Waals surface area contributed by atoms with Gasteiger partial charge in [-0.1, -0.05) is 36.8 Å². The topological polar surface area (TPSA) is 75.6 Å². The van der Waals surface area contributed by atoms with Crippen molar-refractivity contribution in [2.45, 2.75) is 62.4 Å². The minimum absolute atomic E-state index is 0.00654. The Bertz CT molecular complexity index is 1950. The summed E-state index contributed by atoms with van der Waals surface area (Å²) in [6.07, 6.45) is 10.3. The summed E-state index contributed by atoms with van der Waals surface area (Å²) in [5.41, 5.74) is 0.560. The molecule has 6 heterocycles. The number of nitrogens with one attached hydrogen (secondary N) is 1. The number of terminal acetylenes is 1. The molecule has 47 heavy (non-hydrogen) atoms. The summed E-state index contributed by atoms with van der Waals surface area (Å²) >= 11 is 0. The van der Waals surface area contributed by atoms with Crippen molar-refractivity contribution in [3.63, 3.8) is 0 Å². The number of anilines is 1. The molecule has 0 unspecified atom stereocenters. The number of nitrogens with zero attached hydrogens (tertiary/aromatic N) is 5. The number of rotatable bonds is 7. The van der Waals surface area contributed by atoms with E-state index in [0.717, 1.165) is 18.5 Å². The van der Waals surface area contributed by atoms with Gasteiger partial charge in [0.25, 0.3) is 0 Å². The first kappa shape index (κ1) is 29.9. The van der Waals surface area contributed by atoms with Crippen LogP contribution in [0.2, 0.25) is 0 Å². The van der Waals surface area contributed by atoms with Crippen LogP contribution < -0.4 is 15.0 Å². The van der Waals surface area contributed by atoms with Crippen LogP contribution in [0.25, 0.3) is 32.9 Å². The van der Waals surface area contributed by atoms with Crippen LogP contribution in [0.3, 0.4) is 0 Å². The van der Waals surface area contributed by atoms with E-state index < -0.39 is 29.9 Å². The largest absolute Gasteiger partial charge is 0.461 e. The van der Waals surface area contributed by atoms with Gasteiger partial charge in [-0.2, -0.15) is 18.7 Å². The highest BCUT2D eigenvalue weighted by molar-refractivity contribution is 6.02. The Morgan fingerprint density at radius 1 is 1.11 bits per heavy atom. The van der Waals surface area contributed by atoms with Gasteiger partial charge in [-0.25, -0.2) is 8.78 Å². The minimum atomic E-state index is -2.88. The van der Waals surface area contributed by atoms with E-state index in [9.17, 15) is 13.2 Å². The maximum Gasteiger partial charge on any atom is 0.345 e. The zero-order valence-corrected chi connectivity index (χ0v) is 25.5. The Morgan fingerprint density at radius 3 is 2.68 bits per heavy atom. The predicted octanol–water partition coefficient (Wildman–Crippen LogP) is 5.78. The average Bonchev–Trinajstić information content (AvgIpc) is 3.69. The van der Waals surface area contributed by atoms with Gasteiger partial charge in [0.05, 0.1) is 22.6 Å². The molecule has 12 heteroatoms. The fourth-order valence-corrected chi connectivity index (χ4v) is 8.03. The molecule has 0 aliphatic carbocycles. The normalized spacial score (nSPS) is 25.3. The second kappa shape index (κ2) is 11.3. The molecule has 4 atom stereocenters. The highest BCUT2D eigenvalue weighted by Crippen LogP contribution is 2.45. The van der Waals surface area contributed by atoms with E-state index in [-0.39, 0.29) is 48.0 Å². The van der Waals surface area contributed by atoms with Crippen molar-refractivity contribution in [3.05, 3.63) is 66.0 Å². The summed E-state index contributed by atoms with van der Waals surface area (Å²) in [5, 5.41) is 5.05. The second-order valence-corrected chi connectivity index (χ2v) is 12.9. The number of benzene rings is 2. The number of fused-ring (bicyclic) bond motifs is 5. The molecule has 8 rings (SSSR count). The van der Waals surface area contributed by atoms with Crippen molar-refractivity contribution in [1.82, 2.24) is 25.2 Å². The third-order valence-corrected chi connectivity index (χ3v) is 10.1. The minimum Gasteiger partial charge on any atom is -0.461 e. The van der Waals surface area contributed by atoms with Crippen molar-refractivity contribution in [3.8, 4) is 29.6 Å². The van der Waals surface area contributed by atoms with E-state index >= 15 is 4.39 Å². The molecule has 242 valence electrons. The number of piperazine rings is 1. The number of hydrogen-bond acceptors (Lipinski definition) is 8. The second-order valence-electron chi connectivity index (χ2n) is 12.9. The van der Waals surface area contributed by atoms with E-state index in [1.807, 2.05) is 4.90 Å². The zero-order valence-electron chi connectivity index (χ0n) is 25.5. The summed E-state index contributed by atoms with van der Waals surface area (Å²) in [4.78, 5) is 18.0. The lowest BCUT2D eigenvalue weighted by molar-refractivity contribution is -0.159. The van der Waals surface area contributed by atoms with E-state index in [2.05, 4.69) is 32.7 Å². The quantitative estimate of drug-likeness (QED) is 0.201. The van der Waals surface area contributed by atoms with Crippen LogP contribution in [0.5, 0.6) is 6.01 Å². The zero-order chi connectivity index (χ0) is 32.4. The average molecular weight is 645 g/mol. The van der Waals surface area contributed by atoms with Crippen molar-refractivity contribution < 1.29 is 27.0 Å². The Kier molecular flexibility index (Phi) is 7.22. The number of halogens is 4. The van der Waals surface area contributed by atoms with E-state index in [4.69, 9.17) is 20.9 Å². The fourth-order valence-electron chi connectivity index (χ4n) is 8.03. The van der Waals surface area contributed by atoms with Crippen molar-refractivity contribution in [2.24, 2.45) is 0 Å². The Morgan fingerprint density at radius 2 is 1.91 bits per heavy atom. The monoisotopic (exact) mass is 644 g/mol. The standard InChI is InChI=1S/C35H32F4N6O2/c1-3-24-27(36)10-7-20-5-4-6-25(28(20)24)30-29(37)31-26(14-40-30)32(44-15-21-8-9-22(16-44)41-21)43-34(42-31)46-18-35-12-11-19(2)45(35)17-23(13-35)47-33(38)39/h1,4-7,10,14,21-23,33,41H,2,8-9,11-13,15-18H2/t21-,22+,23-,35+/m0/s1. The molecule has 0 radical (unpaired) electrons. The summed E-state index contributed by atoms with van der Waals surface area (Å²) in [6.45, 7) is 2.96. The maximum atomic E-state index is 16.8. The summed E-state index contributed by atoms with van der Waals surface area (Å²) in [5.74, 6) is 1.62. The summed E-state index contributed by atoms with van der Waals surface area (Å²) in [6, 6.07) is 8.58. The molecule has 0 saturated carbocycles. The smallest absolute Gasteiger partial charge is 0.345 e. The number of ether oxygens (including phenoxy) is 2. The molecule has 8 nitrogen and oxygen atoms in total. The summed E-state index contributed by atoms with van der Waals surface area (Å²) in [7, 11) is 0. The number of hydrogen-bond donors (Lipinski definition) is 1. The maximum absolute atomic E-state index is 16.8. The fraction of sp³-hybridized carbons (Fsp3) is 0.400. The molecule has 2 bridgehead atoms. The van der Waals surface area contributed by atoms with Crippen molar-refractivity contribution >= 4 is 27.5 Å². The number of alkyl halides is 2. The van der Waals surface area contributed by atoms with Crippen molar-refractivity contribution in [1.29, 1.82) is 0 Å². The Balaban J connectivity index is 1.23. The highest BCUT2D eigenvalue weighted by atomic mass is 19.3. The molecule has 0 amide bonds. The van der Waals surface area contributed by atoms with Gasteiger partial charge < -0.3 is 24.6 Å². The first-order valence-electron chi connectivity index (χ1n) is 15.8. The lowest BCUT2D eigenvalue weighted by Gasteiger charge is -2.35. The molecule has 1 N–H and O–H groups in total. The summed E-state index contributed by atoms with van der Waals surface area (Å²) < 4.78 is 69.0. The molecule has 2 aromatic heterocycles. The van der Waals surface area contributed by atoms with Gasteiger partial charge in [0.2, 0.25) is 0 Å². The Hall–Kier alpha value is -4.47. The number of pyridine rings is 1. The lowest BCUT2D eigenvalue weighted by atomic mass is 9.94.